The van der Waals surface area contributed by atoms with Gasteiger partial charge < -0.3 is 26.2 Å². The number of hydrogen-bond acceptors (Lipinski definition) is 5. The Morgan fingerprint density at radius 3 is 2.45 bits per heavy atom. The fraction of sp³-hybridized carbons (Fsp3) is 0.348. The van der Waals surface area contributed by atoms with Gasteiger partial charge in [0, 0.05) is 13.1 Å². The van der Waals surface area contributed by atoms with Crippen molar-refractivity contribution in [1.29, 1.82) is 0 Å². The summed E-state index contributed by atoms with van der Waals surface area (Å²) in [6, 6.07) is 15.7. The molecule has 0 saturated heterocycles. The first-order chi connectivity index (χ1) is 14.9. The molecule has 0 aliphatic rings. The van der Waals surface area contributed by atoms with E-state index in [1.165, 1.54) is 0 Å². The zero-order valence-electron chi connectivity index (χ0n) is 17.5. The number of rotatable bonds is 11. The van der Waals surface area contributed by atoms with Crippen LogP contribution in [-0.2, 0) is 27.5 Å². The number of carboxylic acids is 1. The first-order valence-corrected chi connectivity index (χ1v) is 10.2. The van der Waals surface area contributed by atoms with E-state index < -0.39 is 24.0 Å². The summed E-state index contributed by atoms with van der Waals surface area (Å²) in [5, 5.41) is 14.5. The lowest BCUT2D eigenvalue weighted by Crippen LogP contribution is -2.40. The quantitative estimate of drug-likeness (QED) is 0.408. The number of hydrogen-bond donors (Lipinski definition) is 4. The molecule has 0 saturated carbocycles. The molecule has 0 radical (unpaired) electrons. The van der Waals surface area contributed by atoms with Gasteiger partial charge in [-0.2, -0.15) is 0 Å². The van der Waals surface area contributed by atoms with Crippen LogP contribution in [-0.4, -0.2) is 35.7 Å². The molecule has 2 atom stereocenters. The van der Waals surface area contributed by atoms with Crippen molar-refractivity contribution in [3.05, 3.63) is 71.3 Å². The van der Waals surface area contributed by atoms with Crippen LogP contribution in [0.25, 0.3) is 0 Å². The van der Waals surface area contributed by atoms with Crippen LogP contribution in [0.2, 0.25) is 0 Å². The lowest BCUT2D eigenvalue weighted by molar-refractivity contribution is -0.138. The first kappa shape index (κ1) is 23.9. The minimum atomic E-state index is -0.902. The highest BCUT2D eigenvalue weighted by Crippen LogP contribution is 2.16. The minimum absolute atomic E-state index is 0.195. The van der Waals surface area contributed by atoms with Crippen LogP contribution in [0, 0.1) is 0 Å². The smallest absolute Gasteiger partial charge is 0.407 e. The average Bonchev–Trinajstić information content (AvgIpc) is 2.79. The monoisotopic (exact) mass is 427 g/mol. The molecule has 0 spiro atoms. The second-order valence-corrected chi connectivity index (χ2v) is 7.26. The van der Waals surface area contributed by atoms with Crippen molar-refractivity contribution in [3.63, 3.8) is 0 Å². The number of alkyl carbamates (subject to hydrolysis) is 1. The first-order valence-electron chi connectivity index (χ1n) is 10.2. The molecule has 2 aromatic rings. The van der Waals surface area contributed by atoms with Crippen LogP contribution in [0.3, 0.4) is 0 Å². The second-order valence-electron chi connectivity index (χ2n) is 7.26. The van der Waals surface area contributed by atoms with Gasteiger partial charge >= 0.3 is 12.1 Å². The lowest BCUT2D eigenvalue weighted by Gasteiger charge is -2.14. The molecule has 0 aliphatic heterocycles. The third-order valence-corrected chi connectivity index (χ3v) is 4.80. The molecule has 2 rings (SSSR count). The highest BCUT2D eigenvalue weighted by molar-refractivity contribution is 5.81. The van der Waals surface area contributed by atoms with E-state index in [0.29, 0.717) is 24.9 Å². The molecule has 5 N–H and O–H groups in total. The predicted octanol–water partition coefficient (Wildman–Crippen LogP) is 2.52. The molecule has 0 aliphatic carbocycles. The summed E-state index contributed by atoms with van der Waals surface area (Å²) in [6.45, 7) is 2.42. The van der Waals surface area contributed by atoms with Crippen molar-refractivity contribution in [2.45, 2.75) is 44.9 Å². The molecule has 0 aromatic heterocycles. The van der Waals surface area contributed by atoms with Crippen molar-refractivity contribution in [2.75, 3.05) is 6.54 Å². The Bertz CT molecular complexity index is 873. The maximum atomic E-state index is 12.2. The summed E-state index contributed by atoms with van der Waals surface area (Å²) in [5.41, 5.74) is 8.29. The number of ether oxygens (including phenoxy) is 1. The fourth-order valence-electron chi connectivity index (χ4n) is 2.85. The van der Waals surface area contributed by atoms with Crippen molar-refractivity contribution in [2.24, 2.45) is 5.73 Å². The maximum absolute atomic E-state index is 12.2. The van der Waals surface area contributed by atoms with Crippen molar-refractivity contribution in [1.82, 2.24) is 10.6 Å². The third kappa shape index (κ3) is 8.47. The van der Waals surface area contributed by atoms with E-state index in [9.17, 15) is 14.4 Å². The molecule has 0 heterocycles. The van der Waals surface area contributed by atoms with Gasteiger partial charge in [-0.25, -0.2) is 4.79 Å². The van der Waals surface area contributed by atoms with E-state index in [1.807, 2.05) is 36.4 Å². The van der Waals surface area contributed by atoms with Crippen LogP contribution in [0.5, 0.6) is 0 Å². The highest BCUT2D eigenvalue weighted by Gasteiger charge is 2.15. The van der Waals surface area contributed by atoms with Gasteiger partial charge in [-0.3, -0.25) is 9.59 Å². The number of aliphatic carboxylic acids is 1. The normalized spacial score (nSPS) is 12.5. The third-order valence-electron chi connectivity index (χ3n) is 4.80. The number of nitrogens with one attached hydrogen (secondary N) is 2. The van der Waals surface area contributed by atoms with Gasteiger partial charge in [-0.15, -0.1) is 0 Å². The number of benzene rings is 2. The SMILES string of the molecule is CC(C(=O)O)c1cccc(CNC(=O)[C@@H](N)CCCNC(=O)OCc2ccccc2)c1. The van der Waals surface area contributed by atoms with Crippen LogP contribution in [0.15, 0.2) is 54.6 Å². The molecular weight excluding hydrogens is 398 g/mol. The Morgan fingerprint density at radius 2 is 1.74 bits per heavy atom. The molecule has 31 heavy (non-hydrogen) atoms. The topological polar surface area (TPSA) is 131 Å². The summed E-state index contributed by atoms with van der Waals surface area (Å²) < 4.78 is 5.11. The zero-order valence-corrected chi connectivity index (χ0v) is 17.5. The molecule has 0 fully saturated rings. The van der Waals surface area contributed by atoms with Gasteiger partial charge in [0.25, 0.3) is 0 Å². The Morgan fingerprint density at radius 1 is 1.03 bits per heavy atom. The van der Waals surface area contributed by atoms with Gasteiger partial charge in [0.1, 0.15) is 6.61 Å². The zero-order chi connectivity index (χ0) is 22.6. The molecule has 8 nitrogen and oxygen atoms in total. The number of carbonyl (C=O) groups excluding carboxylic acids is 2. The van der Waals surface area contributed by atoms with E-state index in [1.54, 1.807) is 25.1 Å². The highest BCUT2D eigenvalue weighted by atomic mass is 16.5. The average molecular weight is 428 g/mol. The van der Waals surface area contributed by atoms with E-state index in [0.717, 1.165) is 11.1 Å². The number of carbonyl (C=O) groups is 3. The van der Waals surface area contributed by atoms with Crippen molar-refractivity contribution < 1.29 is 24.2 Å². The summed E-state index contributed by atoms with van der Waals surface area (Å²) in [5.74, 6) is -1.83. The summed E-state index contributed by atoms with van der Waals surface area (Å²) >= 11 is 0. The second kappa shape index (κ2) is 12.3. The van der Waals surface area contributed by atoms with Crippen LogP contribution in [0.4, 0.5) is 4.79 Å². The van der Waals surface area contributed by atoms with Gasteiger partial charge in [-0.1, -0.05) is 54.6 Å². The standard InChI is InChI=1S/C23H29N3O5/c1-16(22(28)29)19-10-5-9-18(13-19)14-26-21(27)20(24)11-6-12-25-23(30)31-15-17-7-3-2-4-8-17/h2-5,7-10,13,16,20H,6,11-12,14-15,24H2,1H3,(H,25,30)(H,26,27)(H,28,29)/t16?,20-/m0/s1. The van der Waals surface area contributed by atoms with Crippen molar-refractivity contribution >= 4 is 18.0 Å². The molecular formula is C23H29N3O5. The molecule has 2 amide bonds. The lowest BCUT2D eigenvalue weighted by atomic mass is 9.99. The number of amides is 2. The maximum Gasteiger partial charge on any atom is 0.407 e. The minimum Gasteiger partial charge on any atom is -0.481 e. The molecule has 8 heteroatoms. The van der Waals surface area contributed by atoms with E-state index in [2.05, 4.69) is 10.6 Å². The number of nitrogens with two attached hydrogens (primary N) is 1. The Labute approximate surface area is 181 Å². The Kier molecular flexibility index (Phi) is 9.51. The fourth-order valence-corrected chi connectivity index (χ4v) is 2.85. The Hall–Kier alpha value is -3.39. The molecule has 1 unspecified atom stereocenters. The van der Waals surface area contributed by atoms with Gasteiger partial charge in [0.2, 0.25) is 5.91 Å². The predicted molar refractivity (Wildman–Crippen MR) is 116 cm³/mol. The summed E-state index contributed by atoms with van der Waals surface area (Å²) in [4.78, 5) is 35.0. The van der Waals surface area contributed by atoms with E-state index in [4.69, 9.17) is 15.6 Å². The van der Waals surface area contributed by atoms with E-state index in [-0.39, 0.29) is 19.1 Å². The molecule has 0 bridgehead atoms. The van der Waals surface area contributed by atoms with Crippen LogP contribution < -0.4 is 16.4 Å². The Balaban J connectivity index is 1.64. The van der Waals surface area contributed by atoms with Crippen molar-refractivity contribution in [3.8, 4) is 0 Å². The largest absolute Gasteiger partial charge is 0.481 e. The summed E-state index contributed by atoms with van der Waals surface area (Å²) in [6.07, 6.45) is 0.416. The van der Waals surface area contributed by atoms with Gasteiger partial charge in [0.15, 0.2) is 0 Å². The van der Waals surface area contributed by atoms with Crippen LogP contribution in [0.1, 0.15) is 42.4 Å². The molecule has 166 valence electrons. The number of carboxylic acid groups (broad SMARTS) is 1. The summed E-state index contributed by atoms with van der Waals surface area (Å²) in [7, 11) is 0. The van der Waals surface area contributed by atoms with Gasteiger partial charge in [0.05, 0.1) is 12.0 Å². The van der Waals surface area contributed by atoms with Crippen LogP contribution >= 0.6 is 0 Å². The van der Waals surface area contributed by atoms with E-state index >= 15 is 0 Å². The van der Waals surface area contributed by atoms with Gasteiger partial charge in [-0.05, 0) is 36.5 Å². The molecule has 2 aromatic carbocycles.